The summed E-state index contributed by atoms with van der Waals surface area (Å²) in [5.74, 6) is -0.259. The quantitative estimate of drug-likeness (QED) is 0.508. The van der Waals surface area contributed by atoms with Gasteiger partial charge in [0.1, 0.15) is 0 Å². The zero-order valence-corrected chi connectivity index (χ0v) is 7.82. The van der Waals surface area contributed by atoms with Gasteiger partial charge in [-0.1, -0.05) is 23.8 Å². The van der Waals surface area contributed by atoms with Gasteiger partial charge in [-0.25, -0.2) is 5.43 Å². The molecule has 0 saturated heterocycles. The summed E-state index contributed by atoms with van der Waals surface area (Å²) in [5.41, 5.74) is 3.49. The fourth-order valence-electron chi connectivity index (χ4n) is 1.13. The largest absolute Gasteiger partial charge is 0.272 e. The zero-order valence-electron chi connectivity index (χ0n) is 7.82. The van der Waals surface area contributed by atoms with Crippen LogP contribution in [-0.2, 0) is 4.79 Å². The van der Waals surface area contributed by atoms with Crippen molar-refractivity contribution in [3.8, 4) is 0 Å². The third-order valence-electron chi connectivity index (χ3n) is 1.85. The number of hydrogen-bond acceptors (Lipinski definition) is 2. The third-order valence-corrected chi connectivity index (χ3v) is 1.85. The van der Waals surface area contributed by atoms with Crippen LogP contribution in [0.25, 0.3) is 0 Å². The molecule has 1 amide bonds. The van der Waals surface area contributed by atoms with Crippen molar-refractivity contribution in [3.63, 3.8) is 0 Å². The second-order valence-corrected chi connectivity index (χ2v) is 2.83. The van der Waals surface area contributed by atoms with E-state index in [1.165, 1.54) is 0 Å². The molecular weight excluding hydrogens is 164 g/mol. The molecule has 0 bridgehead atoms. The SMILES string of the molecule is C/C=N/NC(=O)C1C=C[CH]C=C1C.[HH]. The van der Waals surface area contributed by atoms with Crippen molar-refractivity contribution in [2.45, 2.75) is 13.8 Å². The predicted octanol–water partition coefficient (Wildman–Crippen LogP) is 1.69. The molecule has 0 spiro atoms. The van der Waals surface area contributed by atoms with Gasteiger partial charge in [-0.3, -0.25) is 4.79 Å². The monoisotopic (exact) mass is 179 g/mol. The van der Waals surface area contributed by atoms with Crippen LogP contribution in [0.4, 0.5) is 0 Å². The van der Waals surface area contributed by atoms with Gasteiger partial charge < -0.3 is 0 Å². The molecule has 0 aromatic heterocycles. The van der Waals surface area contributed by atoms with Gasteiger partial charge in [-0.05, 0) is 13.8 Å². The fourth-order valence-corrected chi connectivity index (χ4v) is 1.13. The van der Waals surface area contributed by atoms with Crippen LogP contribution in [0, 0.1) is 12.3 Å². The van der Waals surface area contributed by atoms with E-state index in [-0.39, 0.29) is 13.3 Å². The lowest BCUT2D eigenvalue weighted by Gasteiger charge is -2.14. The van der Waals surface area contributed by atoms with Gasteiger partial charge in [0.05, 0.1) is 5.92 Å². The van der Waals surface area contributed by atoms with E-state index in [1.54, 1.807) is 13.1 Å². The minimum atomic E-state index is -0.173. The molecular formula is C10H15N2O. The van der Waals surface area contributed by atoms with Crippen molar-refractivity contribution in [3.05, 3.63) is 30.2 Å². The molecule has 1 atom stereocenters. The van der Waals surface area contributed by atoms with Crippen molar-refractivity contribution in [2.75, 3.05) is 0 Å². The lowest BCUT2D eigenvalue weighted by atomic mass is 9.94. The summed E-state index contributed by atoms with van der Waals surface area (Å²) in [6.07, 6.45) is 9.13. The van der Waals surface area contributed by atoms with Crippen molar-refractivity contribution >= 4 is 12.1 Å². The summed E-state index contributed by atoms with van der Waals surface area (Å²) in [6.45, 7) is 3.69. The normalized spacial score (nSPS) is 21.7. The van der Waals surface area contributed by atoms with E-state index >= 15 is 0 Å². The van der Waals surface area contributed by atoms with Gasteiger partial charge in [-0.2, -0.15) is 5.10 Å². The predicted molar refractivity (Wildman–Crippen MR) is 55.1 cm³/mol. The Morgan fingerprint density at radius 3 is 3.15 bits per heavy atom. The van der Waals surface area contributed by atoms with Crippen LogP contribution in [0.2, 0.25) is 0 Å². The molecule has 13 heavy (non-hydrogen) atoms. The maximum atomic E-state index is 11.4. The molecule has 1 radical (unpaired) electrons. The lowest BCUT2D eigenvalue weighted by molar-refractivity contribution is -0.122. The van der Waals surface area contributed by atoms with Crippen LogP contribution in [0.1, 0.15) is 15.3 Å². The van der Waals surface area contributed by atoms with E-state index in [9.17, 15) is 4.79 Å². The summed E-state index contributed by atoms with van der Waals surface area (Å²) < 4.78 is 0. The van der Waals surface area contributed by atoms with Crippen molar-refractivity contribution in [1.82, 2.24) is 5.43 Å². The molecule has 0 saturated carbocycles. The molecule has 1 unspecified atom stereocenters. The lowest BCUT2D eigenvalue weighted by Crippen LogP contribution is -2.27. The standard InChI is InChI=1S/C10H13N2O.H2/c1-3-11-12-10(13)9-7-5-4-6-8(9)2;/h3-7,9H,1-2H3,(H,12,13);1H/b11-3+;. The Hall–Kier alpha value is -1.38. The Bertz CT molecular complexity index is 282. The second-order valence-electron chi connectivity index (χ2n) is 2.83. The molecule has 71 valence electrons. The Morgan fingerprint density at radius 1 is 1.77 bits per heavy atom. The first-order valence-corrected chi connectivity index (χ1v) is 4.21. The van der Waals surface area contributed by atoms with Gasteiger partial charge in [0.2, 0.25) is 0 Å². The van der Waals surface area contributed by atoms with E-state index < -0.39 is 0 Å². The number of hydrogen-bond donors (Lipinski definition) is 1. The molecule has 1 aliphatic carbocycles. The second kappa shape index (κ2) is 4.60. The van der Waals surface area contributed by atoms with Gasteiger partial charge in [0.25, 0.3) is 5.91 Å². The molecule has 0 aliphatic heterocycles. The maximum absolute atomic E-state index is 11.4. The fraction of sp³-hybridized carbons (Fsp3) is 0.300. The zero-order chi connectivity index (χ0) is 9.68. The average Bonchev–Trinajstić information content (AvgIpc) is 2.15. The number of nitrogens with one attached hydrogen (secondary N) is 1. The van der Waals surface area contributed by atoms with E-state index in [0.717, 1.165) is 5.57 Å². The van der Waals surface area contributed by atoms with Gasteiger partial charge in [0.15, 0.2) is 0 Å². The molecule has 1 N–H and O–H groups in total. The molecule has 3 nitrogen and oxygen atoms in total. The van der Waals surface area contributed by atoms with Gasteiger partial charge >= 0.3 is 0 Å². The molecule has 3 heteroatoms. The molecule has 0 aromatic rings. The first-order valence-electron chi connectivity index (χ1n) is 4.21. The molecule has 1 rings (SSSR count). The van der Waals surface area contributed by atoms with Gasteiger partial charge in [-0.15, -0.1) is 0 Å². The number of nitrogens with zero attached hydrogens (tertiary/aromatic N) is 1. The Morgan fingerprint density at radius 2 is 2.54 bits per heavy atom. The van der Waals surface area contributed by atoms with Gasteiger partial charge in [0, 0.05) is 14.1 Å². The van der Waals surface area contributed by atoms with Crippen molar-refractivity contribution in [2.24, 2.45) is 11.0 Å². The van der Waals surface area contributed by atoms with E-state index in [1.807, 2.05) is 31.6 Å². The van der Waals surface area contributed by atoms with E-state index in [0.29, 0.717) is 0 Å². The Balaban J connectivity index is 0.00000169. The van der Waals surface area contributed by atoms with Crippen LogP contribution < -0.4 is 5.43 Å². The summed E-state index contributed by atoms with van der Waals surface area (Å²) in [6, 6.07) is 0. The average molecular weight is 179 g/mol. The number of carbonyl (C=O) groups excluding carboxylic acids is 1. The summed E-state index contributed by atoms with van der Waals surface area (Å²) in [4.78, 5) is 11.4. The topological polar surface area (TPSA) is 41.5 Å². The van der Waals surface area contributed by atoms with Crippen LogP contribution >= 0.6 is 0 Å². The Kier molecular flexibility index (Phi) is 3.43. The first kappa shape index (κ1) is 9.71. The highest BCUT2D eigenvalue weighted by Crippen LogP contribution is 2.17. The highest BCUT2D eigenvalue weighted by Gasteiger charge is 2.17. The number of amides is 1. The van der Waals surface area contributed by atoms with Crippen LogP contribution in [-0.4, -0.2) is 12.1 Å². The van der Waals surface area contributed by atoms with Crippen LogP contribution in [0.5, 0.6) is 0 Å². The number of hydrazone groups is 1. The highest BCUT2D eigenvalue weighted by molar-refractivity contribution is 5.84. The molecule has 0 fully saturated rings. The first-order chi connectivity index (χ1) is 6.25. The van der Waals surface area contributed by atoms with E-state index in [2.05, 4.69) is 10.5 Å². The Labute approximate surface area is 79.7 Å². The summed E-state index contributed by atoms with van der Waals surface area (Å²) >= 11 is 0. The number of rotatable bonds is 2. The number of allylic oxidation sites excluding steroid dienone is 2. The van der Waals surface area contributed by atoms with Crippen LogP contribution in [0.3, 0.4) is 0 Å². The van der Waals surface area contributed by atoms with Crippen LogP contribution in [0.15, 0.2) is 28.9 Å². The molecule has 0 aromatic carbocycles. The maximum Gasteiger partial charge on any atom is 0.251 e. The van der Waals surface area contributed by atoms with Crippen molar-refractivity contribution < 1.29 is 6.22 Å². The summed E-state index contributed by atoms with van der Waals surface area (Å²) in [5, 5.41) is 3.69. The molecule has 0 heterocycles. The number of carbonyl (C=O) groups is 1. The van der Waals surface area contributed by atoms with E-state index in [4.69, 9.17) is 0 Å². The minimum Gasteiger partial charge on any atom is -0.272 e. The third kappa shape index (κ3) is 2.54. The smallest absolute Gasteiger partial charge is 0.251 e. The highest BCUT2D eigenvalue weighted by atomic mass is 16.2. The van der Waals surface area contributed by atoms with Crippen molar-refractivity contribution in [1.29, 1.82) is 0 Å². The minimum absolute atomic E-state index is 0. The molecule has 1 aliphatic rings. The summed E-state index contributed by atoms with van der Waals surface area (Å²) in [7, 11) is 0.